The Morgan fingerprint density at radius 3 is 2.11 bits per heavy atom. The van der Waals surface area contributed by atoms with Gasteiger partial charge in [0.1, 0.15) is 12.7 Å². The van der Waals surface area contributed by atoms with E-state index in [0.717, 1.165) is 11.1 Å². The van der Waals surface area contributed by atoms with Crippen LogP contribution < -0.4 is 0 Å². The van der Waals surface area contributed by atoms with Crippen LogP contribution in [0.2, 0.25) is 0 Å². The van der Waals surface area contributed by atoms with E-state index in [4.69, 9.17) is 9.47 Å². The Morgan fingerprint density at radius 2 is 1.57 bits per heavy atom. The molecule has 2 aromatic rings. The Kier molecular flexibility index (Phi) is 8.68. The van der Waals surface area contributed by atoms with Crippen LogP contribution in [-0.4, -0.2) is 31.3 Å². The maximum atomic E-state index is 11.1. The molecule has 0 bridgehead atoms. The molecule has 0 amide bonds. The summed E-state index contributed by atoms with van der Waals surface area (Å²) in [7, 11) is 1.24. The number of methoxy groups -OCH3 is 1. The van der Waals surface area contributed by atoms with Crippen molar-refractivity contribution in [3.63, 3.8) is 0 Å². The highest BCUT2D eigenvalue weighted by molar-refractivity contribution is 5.59. The van der Waals surface area contributed by atoms with E-state index < -0.39 is 12.3 Å². The summed E-state index contributed by atoms with van der Waals surface area (Å²) in [5.41, 5.74) is 1.66. The quantitative estimate of drug-likeness (QED) is 0.259. The predicted molar refractivity (Wildman–Crippen MR) is 103 cm³/mol. The van der Waals surface area contributed by atoms with Gasteiger partial charge in [-0.25, -0.2) is 4.79 Å². The number of carbonyl (C=O) groups excluding carboxylic acids is 1. The van der Waals surface area contributed by atoms with E-state index >= 15 is 0 Å². The largest absolute Gasteiger partial charge is 0.508 e. The smallest absolute Gasteiger partial charge is 0.438 e. The van der Waals surface area contributed by atoms with Crippen molar-refractivity contribution in [2.75, 3.05) is 20.3 Å². The van der Waals surface area contributed by atoms with Crippen LogP contribution in [0.5, 0.6) is 0 Å². The van der Waals surface area contributed by atoms with Gasteiger partial charge < -0.3 is 14.2 Å². The first-order valence-electron chi connectivity index (χ1n) is 8.83. The number of nitrogens with zero attached hydrogens (tertiary/aromatic N) is 1. The molecule has 0 aromatic heterocycles. The molecule has 7 nitrogen and oxygen atoms in total. The molecule has 2 aromatic carbocycles. The lowest BCUT2D eigenvalue weighted by Crippen LogP contribution is -2.18. The molecule has 2 atom stereocenters. The molecule has 28 heavy (non-hydrogen) atoms. The highest BCUT2D eigenvalue weighted by atomic mass is 16.7. The Bertz CT molecular complexity index is 763. The molecule has 0 radical (unpaired) electrons. The summed E-state index contributed by atoms with van der Waals surface area (Å²) in [5, 5.41) is 11.1. The van der Waals surface area contributed by atoms with E-state index in [1.165, 1.54) is 7.11 Å². The van der Waals surface area contributed by atoms with Crippen molar-refractivity contribution in [1.82, 2.24) is 0 Å². The average Bonchev–Trinajstić information content (AvgIpc) is 2.72. The zero-order valence-electron chi connectivity index (χ0n) is 15.6. The summed E-state index contributed by atoms with van der Waals surface area (Å²) in [6, 6.07) is 18.6. The van der Waals surface area contributed by atoms with Crippen molar-refractivity contribution in [1.29, 1.82) is 0 Å². The molecule has 0 aliphatic carbocycles. The van der Waals surface area contributed by atoms with Gasteiger partial charge in [-0.05, 0) is 17.5 Å². The molecule has 0 aliphatic rings. The zero-order chi connectivity index (χ0) is 20.2. The van der Waals surface area contributed by atoms with Crippen LogP contribution in [0, 0.1) is 10.1 Å². The lowest BCUT2D eigenvalue weighted by molar-refractivity contribution is -0.494. The zero-order valence-corrected chi connectivity index (χ0v) is 15.6. The molecule has 0 heterocycles. The fourth-order valence-corrected chi connectivity index (χ4v) is 2.63. The molecule has 2 rings (SSSR count). The third kappa shape index (κ3) is 7.20. The SMILES string of the molecule is COC(=O)OC/C=C/CC(OC(C[N+](=O)[O-])c1ccccc1)c1ccccc1. The van der Waals surface area contributed by atoms with Gasteiger partial charge in [0, 0.05) is 4.92 Å². The molecule has 0 saturated heterocycles. The number of hydrogen-bond donors (Lipinski definition) is 0. The maximum Gasteiger partial charge on any atom is 0.508 e. The molecule has 0 aliphatic heterocycles. The monoisotopic (exact) mass is 385 g/mol. The van der Waals surface area contributed by atoms with Crippen molar-refractivity contribution in [2.45, 2.75) is 18.6 Å². The minimum Gasteiger partial charge on any atom is -0.438 e. The number of hydrogen-bond acceptors (Lipinski definition) is 6. The molecule has 7 heteroatoms. The van der Waals surface area contributed by atoms with Crippen molar-refractivity contribution in [3.05, 3.63) is 94.1 Å². The Balaban J connectivity index is 2.12. The van der Waals surface area contributed by atoms with E-state index in [0.29, 0.717) is 6.42 Å². The first kappa shape index (κ1) is 21.1. The van der Waals surface area contributed by atoms with Crippen molar-refractivity contribution in [2.24, 2.45) is 0 Å². The fraction of sp³-hybridized carbons (Fsp3) is 0.286. The number of benzene rings is 2. The van der Waals surface area contributed by atoms with Crippen LogP contribution in [0.1, 0.15) is 29.8 Å². The summed E-state index contributed by atoms with van der Waals surface area (Å²) in [6.07, 6.45) is 2.14. The van der Waals surface area contributed by atoms with Gasteiger partial charge in [0.25, 0.3) is 0 Å². The van der Waals surface area contributed by atoms with Crippen LogP contribution in [-0.2, 0) is 14.2 Å². The lowest BCUT2D eigenvalue weighted by Gasteiger charge is -2.23. The standard InChI is InChI=1S/C21H23NO6/c1-26-21(23)27-15-9-8-14-19(17-10-4-2-5-11-17)28-20(16-22(24)25)18-12-6-3-7-13-18/h2-13,19-20H,14-16H2,1H3/b9-8+. The second-order valence-electron chi connectivity index (χ2n) is 5.92. The fourth-order valence-electron chi connectivity index (χ4n) is 2.63. The topological polar surface area (TPSA) is 87.9 Å². The average molecular weight is 385 g/mol. The number of carbonyl (C=O) groups is 1. The Labute approximate surface area is 163 Å². The molecule has 0 saturated carbocycles. The minimum atomic E-state index is -0.754. The van der Waals surface area contributed by atoms with Crippen LogP contribution >= 0.6 is 0 Å². The van der Waals surface area contributed by atoms with Crippen LogP contribution in [0.15, 0.2) is 72.8 Å². The van der Waals surface area contributed by atoms with E-state index in [1.807, 2.05) is 66.7 Å². The summed E-state index contributed by atoms with van der Waals surface area (Å²) in [5.74, 6) is 0. The molecular formula is C21H23NO6. The number of nitro groups is 1. The van der Waals surface area contributed by atoms with Gasteiger partial charge in [0.15, 0.2) is 0 Å². The van der Waals surface area contributed by atoms with Crippen LogP contribution in [0.3, 0.4) is 0 Å². The van der Waals surface area contributed by atoms with E-state index in [1.54, 1.807) is 6.08 Å². The van der Waals surface area contributed by atoms with Crippen molar-refractivity contribution in [3.8, 4) is 0 Å². The number of rotatable bonds is 10. The highest BCUT2D eigenvalue weighted by Gasteiger charge is 2.23. The molecule has 148 valence electrons. The minimum absolute atomic E-state index is 0.0746. The van der Waals surface area contributed by atoms with Crippen molar-refractivity contribution >= 4 is 6.16 Å². The van der Waals surface area contributed by atoms with Crippen LogP contribution in [0.4, 0.5) is 4.79 Å². The summed E-state index contributed by atoms with van der Waals surface area (Å²) in [6.45, 7) is -0.256. The van der Waals surface area contributed by atoms with Gasteiger partial charge in [0.05, 0.1) is 13.2 Å². The Hall–Kier alpha value is -3.19. The maximum absolute atomic E-state index is 11.1. The summed E-state index contributed by atoms with van der Waals surface area (Å²) in [4.78, 5) is 21.7. The summed E-state index contributed by atoms with van der Waals surface area (Å²) >= 11 is 0. The van der Waals surface area contributed by atoms with Gasteiger partial charge in [-0.2, -0.15) is 0 Å². The van der Waals surface area contributed by atoms with Crippen molar-refractivity contribution < 1.29 is 23.9 Å². The van der Waals surface area contributed by atoms with Gasteiger partial charge in [-0.3, -0.25) is 10.1 Å². The second kappa shape index (κ2) is 11.5. The van der Waals surface area contributed by atoms with Gasteiger partial charge in [0.2, 0.25) is 6.54 Å². The highest BCUT2D eigenvalue weighted by Crippen LogP contribution is 2.29. The van der Waals surface area contributed by atoms with Gasteiger partial charge >= 0.3 is 6.16 Å². The second-order valence-corrected chi connectivity index (χ2v) is 5.92. The molecule has 0 N–H and O–H groups in total. The van der Waals surface area contributed by atoms with Gasteiger partial charge in [-0.1, -0.05) is 72.8 Å². The Morgan fingerprint density at radius 1 is 1.00 bits per heavy atom. The van der Waals surface area contributed by atoms with E-state index in [9.17, 15) is 14.9 Å². The van der Waals surface area contributed by atoms with E-state index in [2.05, 4.69) is 4.74 Å². The lowest BCUT2D eigenvalue weighted by atomic mass is 10.0. The molecule has 0 spiro atoms. The third-order valence-electron chi connectivity index (χ3n) is 3.97. The summed E-state index contributed by atoms with van der Waals surface area (Å²) < 4.78 is 15.4. The molecule has 0 fully saturated rings. The number of ether oxygens (including phenoxy) is 3. The molecular weight excluding hydrogens is 362 g/mol. The third-order valence-corrected chi connectivity index (χ3v) is 3.97. The first-order chi connectivity index (χ1) is 13.6. The molecule has 2 unspecified atom stereocenters. The normalized spacial score (nSPS) is 13.0. The van der Waals surface area contributed by atoms with Crippen LogP contribution in [0.25, 0.3) is 0 Å². The predicted octanol–water partition coefficient (Wildman–Crippen LogP) is 4.49. The van der Waals surface area contributed by atoms with E-state index in [-0.39, 0.29) is 24.2 Å². The van der Waals surface area contributed by atoms with Gasteiger partial charge in [-0.15, -0.1) is 0 Å². The first-order valence-corrected chi connectivity index (χ1v) is 8.83.